The Kier molecular flexibility index (Phi) is 11.9. The van der Waals surface area contributed by atoms with E-state index in [0.29, 0.717) is 12.6 Å². The summed E-state index contributed by atoms with van der Waals surface area (Å²) in [4.78, 5) is 11.7. The van der Waals surface area contributed by atoms with Crippen LogP contribution >= 0.6 is 11.8 Å². The zero-order valence-electron chi connectivity index (χ0n) is 14.5. The Morgan fingerprint density at radius 3 is 2.52 bits per heavy atom. The van der Waals surface area contributed by atoms with Gasteiger partial charge in [-0.2, -0.15) is 11.8 Å². The third kappa shape index (κ3) is 14.3. The van der Waals surface area contributed by atoms with E-state index in [-0.39, 0.29) is 6.09 Å². The molecule has 126 valence electrons. The third-order valence-corrected chi connectivity index (χ3v) is 3.89. The second-order valence-electron chi connectivity index (χ2n) is 6.23. The SMILES string of the molecule is CCCCC(CNC(=O)OC(C)(C)C)NCCCSCC. The van der Waals surface area contributed by atoms with E-state index in [9.17, 15) is 4.79 Å². The molecule has 0 aliphatic carbocycles. The van der Waals surface area contributed by atoms with E-state index in [1.807, 2.05) is 32.5 Å². The van der Waals surface area contributed by atoms with Gasteiger partial charge < -0.3 is 15.4 Å². The largest absolute Gasteiger partial charge is 0.444 e. The molecule has 0 saturated carbocycles. The number of ether oxygens (including phenoxy) is 1. The lowest BCUT2D eigenvalue weighted by molar-refractivity contribution is 0.0521. The minimum Gasteiger partial charge on any atom is -0.444 e. The zero-order valence-corrected chi connectivity index (χ0v) is 15.3. The van der Waals surface area contributed by atoms with Gasteiger partial charge in [0.15, 0.2) is 0 Å². The average molecular weight is 319 g/mol. The highest BCUT2D eigenvalue weighted by atomic mass is 32.2. The van der Waals surface area contributed by atoms with Crippen LogP contribution in [0, 0.1) is 0 Å². The molecule has 0 radical (unpaired) electrons. The molecule has 0 aromatic carbocycles. The minimum absolute atomic E-state index is 0.327. The number of unbranched alkanes of at least 4 members (excludes halogenated alkanes) is 1. The molecule has 1 atom stereocenters. The summed E-state index contributed by atoms with van der Waals surface area (Å²) in [7, 11) is 0. The van der Waals surface area contributed by atoms with Gasteiger partial charge in [0, 0.05) is 12.6 Å². The number of alkyl carbamates (subject to hydrolysis) is 1. The second-order valence-corrected chi connectivity index (χ2v) is 7.62. The Morgan fingerprint density at radius 2 is 1.95 bits per heavy atom. The number of nitrogens with one attached hydrogen (secondary N) is 2. The molecule has 0 aliphatic rings. The van der Waals surface area contributed by atoms with Gasteiger partial charge in [-0.1, -0.05) is 26.7 Å². The molecule has 0 saturated heterocycles. The smallest absolute Gasteiger partial charge is 0.407 e. The molecule has 21 heavy (non-hydrogen) atoms. The van der Waals surface area contributed by atoms with E-state index in [0.717, 1.165) is 13.0 Å². The summed E-state index contributed by atoms with van der Waals surface area (Å²) >= 11 is 1.97. The van der Waals surface area contributed by atoms with Crippen molar-refractivity contribution in [1.29, 1.82) is 0 Å². The van der Waals surface area contributed by atoms with Crippen LogP contribution in [-0.4, -0.2) is 42.3 Å². The summed E-state index contributed by atoms with van der Waals surface area (Å²) in [6.45, 7) is 11.7. The van der Waals surface area contributed by atoms with Crippen LogP contribution < -0.4 is 10.6 Å². The van der Waals surface area contributed by atoms with E-state index >= 15 is 0 Å². The maximum absolute atomic E-state index is 11.7. The summed E-state index contributed by atoms with van der Waals surface area (Å²) in [5.41, 5.74) is -0.437. The van der Waals surface area contributed by atoms with Crippen LogP contribution in [0.15, 0.2) is 0 Å². The van der Waals surface area contributed by atoms with Crippen molar-refractivity contribution >= 4 is 17.9 Å². The van der Waals surface area contributed by atoms with Crippen LogP contribution in [-0.2, 0) is 4.74 Å². The van der Waals surface area contributed by atoms with Crippen LogP contribution in [0.5, 0.6) is 0 Å². The highest BCUT2D eigenvalue weighted by Gasteiger charge is 2.17. The Bertz CT molecular complexity index is 267. The molecule has 0 bridgehead atoms. The third-order valence-electron chi connectivity index (χ3n) is 2.90. The molecule has 0 spiro atoms. The average Bonchev–Trinajstić information content (AvgIpc) is 2.38. The summed E-state index contributed by atoms with van der Waals surface area (Å²) in [6.07, 6.45) is 4.29. The van der Waals surface area contributed by atoms with Gasteiger partial charge in [0.2, 0.25) is 0 Å². The van der Waals surface area contributed by atoms with Gasteiger partial charge in [0.25, 0.3) is 0 Å². The van der Waals surface area contributed by atoms with Gasteiger partial charge in [0.05, 0.1) is 0 Å². The predicted octanol–water partition coefficient (Wildman–Crippen LogP) is 3.80. The fourth-order valence-corrected chi connectivity index (χ4v) is 2.51. The number of carbonyl (C=O) groups is 1. The van der Waals surface area contributed by atoms with Crippen LogP contribution in [0.1, 0.15) is 60.3 Å². The lowest BCUT2D eigenvalue weighted by Gasteiger charge is -2.22. The standard InChI is InChI=1S/C16H34N2O2S/c1-6-8-10-14(17-11-9-12-21-7-2)13-18-15(19)20-16(3,4)5/h14,17H,6-13H2,1-5H3,(H,18,19). The van der Waals surface area contributed by atoms with Gasteiger partial charge in [-0.15, -0.1) is 0 Å². The highest BCUT2D eigenvalue weighted by molar-refractivity contribution is 7.99. The summed E-state index contributed by atoms with van der Waals surface area (Å²) in [6, 6.07) is 0.337. The van der Waals surface area contributed by atoms with E-state index < -0.39 is 5.60 Å². The van der Waals surface area contributed by atoms with Gasteiger partial charge in [0.1, 0.15) is 5.60 Å². The molecular formula is C16H34N2O2S. The molecule has 0 rings (SSSR count). The molecular weight excluding hydrogens is 284 g/mol. The molecule has 0 aliphatic heterocycles. The van der Waals surface area contributed by atoms with Gasteiger partial charge in [-0.3, -0.25) is 0 Å². The Morgan fingerprint density at radius 1 is 1.24 bits per heavy atom. The summed E-state index contributed by atoms with van der Waals surface area (Å²) < 4.78 is 5.27. The summed E-state index contributed by atoms with van der Waals surface area (Å²) in [5.74, 6) is 2.38. The van der Waals surface area contributed by atoms with Crippen LogP contribution in [0.4, 0.5) is 4.79 Å². The van der Waals surface area contributed by atoms with Crippen molar-refractivity contribution in [2.24, 2.45) is 0 Å². The van der Waals surface area contributed by atoms with Crippen molar-refractivity contribution in [3.8, 4) is 0 Å². The number of carbonyl (C=O) groups excluding carboxylic acids is 1. The molecule has 2 N–H and O–H groups in total. The molecule has 4 nitrogen and oxygen atoms in total. The quantitative estimate of drug-likeness (QED) is 0.569. The van der Waals surface area contributed by atoms with Crippen molar-refractivity contribution in [2.75, 3.05) is 24.6 Å². The van der Waals surface area contributed by atoms with Gasteiger partial charge in [-0.05, 0) is 51.7 Å². The molecule has 1 unspecified atom stereocenters. The molecule has 1 amide bonds. The van der Waals surface area contributed by atoms with Crippen molar-refractivity contribution < 1.29 is 9.53 Å². The number of hydrogen-bond acceptors (Lipinski definition) is 4. The van der Waals surface area contributed by atoms with Crippen molar-refractivity contribution in [3.05, 3.63) is 0 Å². The highest BCUT2D eigenvalue weighted by Crippen LogP contribution is 2.07. The second kappa shape index (κ2) is 12.2. The predicted molar refractivity (Wildman–Crippen MR) is 93.2 cm³/mol. The van der Waals surface area contributed by atoms with Gasteiger partial charge in [-0.25, -0.2) is 4.79 Å². The Labute approximate surface area is 135 Å². The van der Waals surface area contributed by atoms with Crippen molar-refractivity contribution in [2.45, 2.75) is 71.9 Å². The normalized spacial score (nSPS) is 13.0. The summed E-state index contributed by atoms with van der Waals surface area (Å²) in [5, 5.41) is 6.42. The fraction of sp³-hybridized carbons (Fsp3) is 0.938. The van der Waals surface area contributed by atoms with Crippen molar-refractivity contribution in [1.82, 2.24) is 10.6 Å². The number of thioether (sulfide) groups is 1. The Hall–Kier alpha value is -0.420. The van der Waals surface area contributed by atoms with E-state index in [4.69, 9.17) is 4.74 Å². The first-order chi connectivity index (χ1) is 9.89. The molecule has 0 aromatic heterocycles. The number of hydrogen-bond donors (Lipinski definition) is 2. The molecule has 0 fully saturated rings. The minimum atomic E-state index is -0.437. The molecule has 5 heteroatoms. The number of rotatable bonds is 11. The lowest BCUT2D eigenvalue weighted by Crippen LogP contribution is -2.43. The first-order valence-corrected chi connectivity index (χ1v) is 9.32. The van der Waals surface area contributed by atoms with E-state index in [1.165, 1.54) is 30.8 Å². The number of amides is 1. The van der Waals surface area contributed by atoms with Crippen LogP contribution in [0.25, 0.3) is 0 Å². The van der Waals surface area contributed by atoms with Crippen LogP contribution in [0.2, 0.25) is 0 Å². The maximum Gasteiger partial charge on any atom is 0.407 e. The van der Waals surface area contributed by atoms with E-state index in [2.05, 4.69) is 24.5 Å². The fourth-order valence-electron chi connectivity index (χ4n) is 1.87. The first-order valence-electron chi connectivity index (χ1n) is 8.17. The van der Waals surface area contributed by atoms with E-state index in [1.54, 1.807) is 0 Å². The molecule has 0 heterocycles. The first kappa shape index (κ1) is 20.6. The zero-order chi connectivity index (χ0) is 16.1. The lowest BCUT2D eigenvalue weighted by atomic mass is 10.1. The van der Waals surface area contributed by atoms with Crippen LogP contribution in [0.3, 0.4) is 0 Å². The van der Waals surface area contributed by atoms with Crippen molar-refractivity contribution in [3.63, 3.8) is 0 Å². The Balaban J connectivity index is 3.96. The molecule has 0 aromatic rings. The van der Waals surface area contributed by atoms with Gasteiger partial charge >= 0.3 is 6.09 Å². The monoisotopic (exact) mass is 318 g/mol. The topological polar surface area (TPSA) is 50.4 Å². The maximum atomic E-state index is 11.7.